The van der Waals surface area contributed by atoms with Gasteiger partial charge in [-0.15, -0.1) is 11.8 Å². The number of piperazine rings is 1. The van der Waals surface area contributed by atoms with E-state index in [0.29, 0.717) is 29.8 Å². The Labute approximate surface area is 235 Å². The highest BCUT2D eigenvalue weighted by Gasteiger charge is 2.32. The zero-order valence-corrected chi connectivity index (χ0v) is 22.9. The van der Waals surface area contributed by atoms with E-state index in [0.717, 1.165) is 81.4 Å². The number of hydrogen-bond acceptors (Lipinski definition) is 9. The second kappa shape index (κ2) is 10.5. The summed E-state index contributed by atoms with van der Waals surface area (Å²) in [7, 11) is 0. The third kappa shape index (κ3) is 5.20. The molecule has 2 aromatic rings. The maximum absolute atomic E-state index is 13.4. The average Bonchev–Trinajstić information content (AvgIpc) is 3.34. The van der Waals surface area contributed by atoms with Crippen molar-refractivity contribution in [3.05, 3.63) is 40.2 Å². The molecular formula is C27H32N8O4S. The number of urea groups is 1. The average molecular weight is 565 g/mol. The largest absolute Gasteiger partial charge is 0.377 e. The highest BCUT2D eigenvalue weighted by Crippen LogP contribution is 2.44. The summed E-state index contributed by atoms with van der Waals surface area (Å²) in [6.07, 6.45) is 10.8. The van der Waals surface area contributed by atoms with Crippen LogP contribution < -0.4 is 16.0 Å². The number of anilines is 1. The minimum atomic E-state index is -0.549. The fraction of sp³-hybridized carbons (Fsp3) is 0.519. The lowest BCUT2D eigenvalue weighted by Crippen LogP contribution is -2.50. The van der Waals surface area contributed by atoms with Crippen LogP contribution in [0.25, 0.3) is 11.7 Å². The Morgan fingerprint density at radius 1 is 1.18 bits per heavy atom. The minimum absolute atomic E-state index is 0.00519. The van der Waals surface area contributed by atoms with Crippen molar-refractivity contribution in [3.63, 3.8) is 0 Å². The van der Waals surface area contributed by atoms with Gasteiger partial charge in [-0.3, -0.25) is 19.8 Å². The van der Waals surface area contributed by atoms with Crippen LogP contribution in [0.2, 0.25) is 0 Å². The van der Waals surface area contributed by atoms with Crippen molar-refractivity contribution < 1.29 is 19.1 Å². The molecule has 1 saturated carbocycles. The second-order valence-corrected chi connectivity index (χ2v) is 12.2. The molecule has 4 fully saturated rings. The summed E-state index contributed by atoms with van der Waals surface area (Å²) in [5.74, 6) is 0.442. The number of amides is 4. The van der Waals surface area contributed by atoms with Crippen molar-refractivity contribution in [2.45, 2.75) is 49.5 Å². The van der Waals surface area contributed by atoms with Crippen LogP contribution in [-0.4, -0.2) is 93.7 Å². The van der Waals surface area contributed by atoms with E-state index in [2.05, 4.69) is 25.9 Å². The van der Waals surface area contributed by atoms with Crippen LogP contribution in [0.3, 0.4) is 0 Å². The normalized spacial score (nSPS) is 26.4. The molecule has 0 spiro atoms. The standard InChI is InChI=1S/C27H32N8O4S/c36-25-20(31-27(38)32-25)12-16-14-28-35-23(29-17-3-4-17)13-19(30-24(16)35)21-5-6-22(40-21)26(37)34-9-7-33(8-10-34)15-18-2-1-11-39-18/h6,12-14,17-18,21,29H,1-5,7-11,15H2,(H2,31,32,36,38)/b20-12-. The SMILES string of the molecule is O=C1NC(=O)/C(=C/c2cnn3c(NC4CC4)cc(C4CC=C(C(=O)N5CCN(CC6CCCO6)CC5)S4)nc23)N1. The van der Waals surface area contributed by atoms with E-state index in [-0.39, 0.29) is 16.9 Å². The van der Waals surface area contributed by atoms with Crippen molar-refractivity contribution in [1.29, 1.82) is 0 Å². The highest BCUT2D eigenvalue weighted by molar-refractivity contribution is 8.04. The molecule has 3 N–H and O–H groups in total. The van der Waals surface area contributed by atoms with Gasteiger partial charge in [0.25, 0.3) is 11.8 Å². The molecule has 210 valence electrons. The zero-order chi connectivity index (χ0) is 27.2. The number of imide groups is 1. The third-order valence-electron chi connectivity index (χ3n) is 7.94. The third-order valence-corrected chi connectivity index (χ3v) is 9.25. The maximum atomic E-state index is 13.4. The van der Waals surface area contributed by atoms with Crippen molar-refractivity contribution in [3.8, 4) is 0 Å². The second-order valence-electron chi connectivity index (χ2n) is 10.9. The molecule has 12 nitrogen and oxygen atoms in total. The lowest BCUT2D eigenvalue weighted by molar-refractivity contribution is -0.128. The summed E-state index contributed by atoms with van der Waals surface area (Å²) in [5.41, 5.74) is 2.22. The van der Waals surface area contributed by atoms with Gasteiger partial charge in [-0.05, 0) is 38.2 Å². The minimum Gasteiger partial charge on any atom is -0.377 e. The molecule has 4 aliphatic heterocycles. The molecule has 0 bridgehead atoms. The monoisotopic (exact) mass is 564 g/mol. The Bertz CT molecular complexity index is 1420. The molecule has 1 aliphatic carbocycles. The number of fused-ring (bicyclic) bond motifs is 1. The Balaban J connectivity index is 1.06. The predicted octanol–water partition coefficient (Wildman–Crippen LogP) is 1.87. The molecule has 0 radical (unpaired) electrons. The number of aromatic nitrogens is 3. The van der Waals surface area contributed by atoms with Crippen molar-refractivity contribution in [2.24, 2.45) is 0 Å². The number of hydrogen-bond donors (Lipinski definition) is 3. The van der Waals surface area contributed by atoms with Crippen molar-refractivity contribution >= 4 is 47.1 Å². The van der Waals surface area contributed by atoms with Gasteiger partial charge in [-0.25, -0.2) is 9.78 Å². The van der Waals surface area contributed by atoms with E-state index in [1.165, 1.54) is 0 Å². The van der Waals surface area contributed by atoms with Gasteiger partial charge in [-0.2, -0.15) is 9.61 Å². The smallest absolute Gasteiger partial charge is 0.326 e. The van der Waals surface area contributed by atoms with Crippen LogP contribution in [0, 0.1) is 0 Å². The van der Waals surface area contributed by atoms with Crippen LogP contribution in [0.15, 0.2) is 28.9 Å². The van der Waals surface area contributed by atoms with Crippen LogP contribution in [0.1, 0.15) is 48.6 Å². The number of rotatable bonds is 7. The fourth-order valence-corrected chi connectivity index (χ4v) is 6.75. The van der Waals surface area contributed by atoms with E-state index in [1.807, 2.05) is 17.0 Å². The summed E-state index contributed by atoms with van der Waals surface area (Å²) in [5, 5.41) is 12.8. The number of nitrogens with one attached hydrogen (secondary N) is 3. The number of ether oxygens (including phenoxy) is 1. The quantitative estimate of drug-likeness (QED) is 0.340. The first-order valence-electron chi connectivity index (χ1n) is 14.0. The Morgan fingerprint density at radius 3 is 2.75 bits per heavy atom. The number of carbonyl (C=O) groups is 3. The lowest BCUT2D eigenvalue weighted by Gasteiger charge is -2.35. The fourth-order valence-electron chi connectivity index (χ4n) is 5.59. The molecule has 2 unspecified atom stereocenters. The zero-order valence-electron chi connectivity index (χ0n) is 22.1. The van der Waals surface area contributed by atoms with E-state index >= 15 is 0 Å². The molecule has 40 heavy (non-hydrogen) atoms. The van der Waals surface area contributed by atoms with E-state index in [9.17, 15) is 14.4 Å². The van der Waals surface area contributed by atoms with Gasteiger partial charge in [0, 0.05) is 57.0 Å². The lowest BCUT2D eigenvalue weighted by atomic mass is 10.2. The molecule has 6 heterocycles. The number of carbonyl (C=O) groups excluding carboxylic acids is 3. The van der Waals surface area contributed by atoms with E-state index in [1.54, 1.807) is 28.6 Å². The summed E-state index contributed by atoms with van der Waals surface area (Å²) < 4.78 is 7.52. The van der Waals surface area contributed by atoms with E-state index in [4.69, 9.17) is 9.72 Å². The Morgan fingerprint density at radius 2 is 2.02 bits per heavy atom. The Kier molecular flexibility index (Phi) is 6.72. The van der Waals surface area contributed by atoms with Gasteiger partial charge < -0.3 is 20.3 Å². The predicted molar refractivity (Wildman–Crippen MR) is 149 cm³/mol. The molecule has 4 amide bonds. The first-order chi connectivity index (χ1) is 19.5. The van der Waals surface area contributed by atoms with Gasteiger partial charge in [0.15, 0.2) is 5.65 Å². The molecule has 5 aliphatic rings. The van der Waals surface area contributed by atoms with Crippen LogP contribution in [0.4, 0.5) is 10.6 Å². The summed E-state index contributed by atoms with van der Waals surface area (Å²) in [6.45, 7) is 5.03. The van der Waals surface area contributed by atoms with Crippen molar-refractivity contribution in [2.75, 3.05) is 44.6 Å². The van der Waals surface area contributed by atoms with Gasteiger partial charge in [-0.1, -0.05) is 6.08 Å². The van der Waals surface area contributed by atoms with E-state index < -0.39 is 11.9 Å². The van der Waals surface area contributed by atoms with Gasteiger partial charge in [0.2, 0.25) is 0 Å². The van der Waals surface area contributed by atoms with Crippen molar-refractivity contribution in [1.82, 2.24) is 35.0 Å². The summed E-state index contributed by atoms with van der Waals surface area (Å²) >= 11 is 1.57. The Hall–Kier alpha value is -3.42. The first kappa shape index (κ1) is 25.5. The molecule has 2 atom stereocenters. The molecule has 7 rings (SSSR count). The van der Waals surface area contributed by atoms with Gasteiger partial charge in [0.05, 0.1) is 28.1 Å². The van der Waals surface area contributed by atoms with Gasteiger partial charge >= 0.3 is 6.03 Å². The number of nitrogens with zero attached hydrogens (tertiary/aromatic N) is 5. The summed E-state index contributed by atoms with van der Waals surface area (Å²) in [6, 6.07) is 1.87. The topological polar surface area (TPSA) is 133 Å². The molecule has 0 aromatic carbocycles. The molecule has 2 aromatic heterocycles. The molecule has 13 heteroatoms. The van der Waals surface area contributed by atoms with Gasteiger partial charge in [0.1, 0.15) is 11.5 Å². The molecular weight excluding hydrogens is 532 g/mol. The number of thioether (sulfide) groups is 1. The maximum Gasteiger partial charge on any atom is 0.326 e. The molecule has 3 saturated heterocycles. The highest BCUT2D eigenvalue weighted by atomic mass is 32.2. The number of allylic oxidation sites excluding steroid dienone is 1. The van der Waals surface area contributed by atoms with Crippen LogP contribution >= 0.6 is 11.8 Å². The van der Waals surface area contributed by atoms with Crippen LogP contribution in [-0.2, 0) is 14.3 Å². The van der Waals surface area contributed by atoms with Crippen LogP contribution in [0.5, 0.6) is 0 Å². The summed E-state index contributed by atoms with van der Waals surface area (Å²) in [4.78, 5) is 47.1. The first-order valence-corrected chi connectivity index (χ1v) is 14.9.